The number of imide groups is 1. The third-order valence-corrected chi connectivity index (χ3v) is 4.74. The number of hydrogen-bond acceptors (Lipinski definition) is 8. The Morgan fingerprint density at radius 1 is 1.24 bits per heavy atom. The summed E-state index contributed by atoms with van der Waals surface area (Å²) in [5.41, 5.74) is 2.60. The molecule has 2 aliphatic rings. The monoisotopic (exact) mass is 393 g/mol. The van der Waals surface area contributed by atoms with Gasteiger partial charge in [0.15, 0.2) is 5.65 Å². The van der Waals surface area contributed by atoms with E-state index < -0.39 is 0 Å². The number of fused-ring (bicyclic) bond motifs is 1. The Labute approximate surface area is 165 Å². The van der Waals surface area contributed by atoms with E-state index >= 15 is 0 Å². The number of amides is 2. The molecule has 1 saturated carbocycles. The second-order valence-electron chi connectivity index (χ2n) is 7.22. The standard InChI is InChI=1S/C18H19N9O2/c1-26-9-10(7-20-26)6-19-17-24-15-12(4-11-5-14(28)23-16(11)29)8-21-27(15)18(25-17)22-13-2-3-13/h4,7-9,13H,2-3,5-6H2,1H3,(H,23,28,29)(H2,19,22,24,25)/b11-4+. The van der Waals surface area contributed by atoms with Gasteiger partial charge in [0.25, 0.3) is 5.91 Å². The Hall–Kier alpha value is -3.76. The lowest BCUT2D eigenvalue weighted by atomic mass is 10.1. The molecule has 0 atom stereocenters. The molecule has 148 valence electrons. The number of nitrogens with one attached hydrogen (secondary N) is 3. The maximum atomic E-state index is 11.9. The molecule has 2 fully saturated rings. The Kier molecular flexibility index (Phi) is 4.00. The zero-order valence-corrected chi connectivity index (χ0v) is 15.7. The van der Waals surface area contributed by atoms with Crippen LogP contribution in [0.25, 0.3) is 11.7 Å². The van der Waals surface area contributed by atoms with E-state index in [-0.39, 0.29) is 18.2 Å². The largest absolute Gasteiger partial charge is 0.351 e. The number of aryl methyl sites for hydroxylation is 1. The summed E-state index contributed by atoms with van der Waals surface area (Å²) in [6, 6.07) is 0.378. The van der Waals surface area contributed by atoms with Crippen molar-refractivity contribution in [3.63, 3.8) is 0 Å². The first-order valence-electron chi connectivity index (χ1n) is 9.33. The van der Waals surface area contributed by atoms with Gasteiger partial charge in [0.2, 0.25) is 17.8 Å². The van der Waals surface area contributed by atoms with Gasteiger partial charge in [0, 0.05) is 42.5 Å². The van der Waals surface area contributed by atoms with Crippen LogP contribution in [0.1, 0.15) is 30.4 Å². The van der Waals surface area contributed by atoms with Gasteiger partial charge in [-0.25, -0.2) is 0 Å². The molecule has 4 heterocycles. The zero-order chi connectivity index (χ0) is 20.0. The maximum Gasteiger partial charge on any atom is 0.254 e. The average Bonchev–Trinajstić information content (AvgIpc) is 3.10. The molecule has 29 heavy (non-hydrogen) atoms. The van der Waals surface area contributed by atoms with Gasteiger partial charge in [-0.2, -0.15) is 24.7 Å². The molecular formula is C18H19N9O2. The van der Waals surface area contributed by atoms with E-state index in [1.807, 2.05) is 13.2 Å². The molecule has 0 bridgehead atoms. The summed E-state index contributed by atoms with van der Waals surface area (Å²) >= 11 is 0. The topological polar surface area (TPSA) is 131 Å². The summed E-state index contributed by atoms with van der Waals surface area (Å²) in [6.07, 6.45) is 9.20. The van der Waals surface area contributed by atoms with E-state index in [1.165, 1.54) is 0 Å². The van der Waals surface area contributed by atoms with E-state index in [1.54, 1.807) is 27.7 Å². The minimum absolute atomic E-state index is 0.0561. The Bertz CT molecular complexity index is 1160. The van der Waals surface area contributed by atoms with Gasteiger partial charge in [-0.05, 0) is 18.9 Å². The van der Waals surface area contributed by atoms with Crippen molar-refractivity contribution in [2.24, 2.45) is 7.05 Å². The molecular weight excluding hydrogens is 374 g/mol. The number of carbonyl (C=O) groups is 2. The van der Waals surface area contributed by atoms with E-state index in [2.05, 4.69) is 36.1 Å². The summed E-state index contributed by atoms with van der Waals surface area (Å²) in [6.45, 7) is 0.522. The van der Waals surface area contributed by atoms with Crippen LogP contribution in [-0.4, -0.2) is 47.2 Å². The molecule has 3 aromatic rings. The molecule has 1 aliphatic carbocycles. The fourth-order valence-corrected chi connectivity index (χ4v) is 3.13. The number of nitrogens with zero attached hydrogens (tertiary/aromatic N) is 6. The third-order valence-electron chi connectivity index (χ3n) is 4.74. The van der Waals surface area contributed by atoms with Gasteiger partial charge in [0.1, 0.15) is 0 Å². The van der Waals surface area contributed by atoms with Crippen LogP contribution in [0.4, 0.5) is 11.9 Å². The summed E-state index contributed by atoms with van der Waals surface area (Å²) in [5, 5.41) is 17.4. The number of hydrogen-bond donors (Lipinski definition) is 3. The van der Waals surface area contributed by atoms with Gasteiger partial charge >= 0.3 is 0 Å². The molecule has 3 aromatic heterocycles. The van der Waals surface area contributed by atoms with Crippen molar-refractivity contribution < 1.29 is 9.59 Å². The van der Waals surface area contributed by atoms with Crippen LogP contribution in [0.5, 0.6) is 0 Å². The van der Waals surface area contributed by atoms with Crippen molar-refractivity contribution in [3.05, 3.63) is 35.3 Å². The number of anilines is 2. The minimum Gasteiger partial charge on any atom is -0.351 e. The highest BCUT2D eigenvalue weighted by Gasteiger charge is 2.26. The summed E-state index contributed by atoms with van der Waals surface area (Å²) in [4.78, 5) is 32.5. The fourth-order valence-electron chi connectivity index (χ4n) is 3.13. The third kappa shape index (κ3) is 3.53. The SMILES string of the molecule is Cn1cc(CNc2nc(NC3CC3)n3ncc(/C=C4\CC(=O)NC4=O)c3n2)cn1. The number of rotatable bonds is 6. The molecule has 2 amide bonds. The van der Waals surface area contributed by atoms with E-state index in [4.69, 9.17) is 0 Å². The Morgan fingerprint density at radius 3 is 2.79 bits per heavy atom. The lowest BCUT2D eigenvalue weighted by Gasteiger charge is -2.09. The molecule has 0 aromatic carbocycles. The van der Waals surface area contributed by atoms with Gasteiger partial charge in [-0.1, -0.05) is 0 Å². The molecule has 3 N–H and O–H groups in total. The van der Waals surface area contributed by atoms with Crippen molar-refractivity contribution in [3.8, 4) is 0 Å². The highest BCUT2D eigenvalue weighted by Crippen LogP contribution is 2.26. The predicted octanol–water partition coefficient (Wildman–Crippen LogP) is 0.474. The lowest BCUT2D eigenvalue weighted by Crippen LogP contribution is -2.19. The predicted molar refractivity (Wildman–Crippen MR) is 104 cm³/mol. The highest BCUT2D eigenvalue weighted by atomic mass is 16.2. The van der Waals surface area contributed by atoms with Gasteiger partial charge in [0.05, 0.1) is 18.8 Å². The first-order valence-corrected chi connectivity index (χ1v) is 9.33. The second-order valence-corrected chi connectivity index (χ2v) is 7.22. The summed E-state index contributed by atoms with van der Waals surface area (Å²) < 4.78 is 3.35. The van der Waals surface area contributed by atoms with Crippen molar-refractivity contribution >= 4 is 35.4 Å². The van der Waals surface area contributed by atoms with Crippen molar-refractivity contribution in [1.82, 2.24) is 34.7 Å². The zero-order valence-electron chi connectivity index (χ0n) is 15.7. The molecule has 0 spiro atoms. The molecule has 11 heteroatoms. The van der Waals surface area contributed by atoms with Gasteiger partial charge < -0.3 is 10.6 Å². The van der Waals surface area contributed by atoms with E-state index in [9.17, 15) is 9.59 Å². The normalized spacial score (nSPS) is 17.9. The van der Waals surface area contributed by atoms with Crippen LogP contribution < -0.4 is 16.0 Å². The van der Waals surface area contributed by atoms with E-state index in [0.29, 0.717) is 41.3 Å². The van der Waals surface area contributed by atoms with Crippen LogP contribution in [-0.2, 0) is 23.2 Å². The number of carbonyl (C=O) groups excluding carboxylic acids is 2. The second kappa shape index (κ2) is 6.69. The molecule has 1 saturated heterocycles. The van der Waals surface area contributed by atoms with Crippen LogP contribution in [0.3, 0.4) is 0 Å². The number of aromatic nitrogens is 6. The van der Waals surface area contributed by atoms with Gasteiger partial charge in [-0.3, -0.25) is 19.6 Å². The average molecular weight is 393 g/mol. The molecule has 11 nitrogen and oxygen atoms in total. The molecule has 0 radical (unpaired) electrons. The molecule has 1 aliphatic heterocycles. The van der Waals surface area contributed by atoms with Crippen molar-refractivity contribution in [1.29, 1.82) is 0 Å². The Balaban J connectivity index is 1.50. The fraction of sp³-hybridized carbons (Fsp3) is 0.333. The minimum atomic E-state index is -0.380. The lowest BCUT2D eigenvalue weighted by molar-refractivity contribution is -0.124. The Morgan fingerprint density at radius 2 is 2.10 bits per heavy atom. The molecule has 0 unspecified atom stereocenters. The van der Waals surface area contributed by atoms with Crippen LogP contribution in [0.15, 0.2) is 24.2 Å². The highest BCUT2D eigenvalue weighted by molar-refractivity contribution is 6.15. The van der Waals surface area contributed by atoms with Gasteiger partial charge in [-0.15, -0.1) is 0 Å². The van der Waals surface area contributed by atoms with E-state index in [0.717, 1.165) is 18.4 Å². The molecule has 5 rings (SSSR count). The first kappa shape index (κ1) is 17.3. The van der Waals surface area contributed by atoms with Crippen LogP contribution >= 0.6 is 0 Å². The maximum absolute atomic E-state index is 11.9. The van der Waals surface area contributed by atoms with Crippen molar-refractivity contribution in [2.45, 2.75) is 31.8 Å². The van der Waals surface area contributed by atoms with Crippen molar-refractivity contribution in [2.75, 3.05) is 10.6 Å². The quantitative estimate of drug-likeness (QED) is 0.407. The summed E-state index contributed by atoms with van der Waals surface area (Å²) in [7, 11) is 1.86. The first-order chi connectivity index (χ1) is 14.0. The summed E-state index contributed by atoms with van der Waals surface area (Å²) in [5.74, 6) is 0.344. The van der Waals surface area contributed by atoms with Crippen LogP contribution in [0.2, 0.25) is 0 Å². The van der Waals surface area contributed by atoms with Crippen LogP contribution in [0, 0.1) is 0 Å². The smallest absolute Gasteiger partial charge is 0.254 e.